The lowest BCUT2D eigenvalue weighted by atomic mass is 10.0. The molecule has 1 aliphatic heterocycles. The third kappa shape index (κ3) is 3.26. The third-order valence-electron chi connectivity index (χ3n) is 2.00. The van der Waals surface area contributed by atoms with Crippen LogP contribution in [0.15, 0.2) is 12.7 Å². The molecule has 0 radical (unpaired) electrons. The Balaban J connectivity index is 2.17. The van der Waals surface area contributed by atoms with E-state index in [1.165, 1.54) is 0 Å². The molecule has 2 atom stereocenters. The van der Waals surface area contributed by atoms with Crippen LogP contribution in [0.25, 0.3) is 0 Å². The molecule has 1 nitrogen and oxygen atoms in total. The van der Waals surface area contributed by atoms with Gasteiger partial charge in [-0.05, 0) is 25.7 Å². The molecule has 11 heavy (non-hydrogen) atoms. The molecule has 0 aliphatic carbocycles. The van der Waals surface area contributed by atoms with E-state index in [4.69, 9.17) is 16.3 Å². The van der Waals surface area contributed by atoms with Crippen molar-refractivity contribution < 1.29 is 4.74 Å². The van der Waals surface area contributed by atoms with Crippen molar-refractivity contribution in [3.63, 3.8) is 0 Å². The molecule has 0 unspecified atom stereocenters. The number of halogens is 1. The highest BCUT2D eigenvalue weighted by atomic mass is 35.5. The fraction of sp³-hybridized carbons (Fsp3) is 0.778. The summed E-state index contributed by atoms with van der Waals surface area (Å²) in [6, 6.07) is 0. The summed E-state index contributed by atoms with van der Waals surface area (Å²) < 4.78 is 5.52. The molecule has 1 rings (SSSR count). The monoisotopic (exact) mass is 174 g/mol. The molecule has 0 aromatic carbocycles. The molecule has 1 fully saturated rings. The highest BCUT2D eigenvalue weighted by Gasteiger charge is 2.19. The smallest absolute Gasteiger partial charge is 0.0592 e. The lowest BCUT2D eigenvalue weighted by molar-refractivity contribution is 0.0138. The lowest BCUT2D eigenvalue weighted by Crippen LogP contribution is -2.25. The number of rotatable bonds is 3. The average molecular weight is 175 g/mol. The summed E-state index contributed by atoms with van der Waals surface area (Å²) in [7, 11) is 0. The Morgan fingerprint density at radius 2 is 2.45 bits per heavy atom. The maximum atomic E-state index is 5.98. The van der Waals surface area contributed by atoms with Crippen LogP contribution in [-0.4, -0.2) is 18.1 Å². The molecule has 1 heterocycles. The molecule has 0 saturated carbocycles. The second-order valence-corrected chi connectivity index (χ2v) is 3.60. The molecule has 0 bridgehead atoms. The Morgan fingerprint density at radius 3 is 3.09 bits per heavy atom. The first kappa shape index (κ1) is 9.08. The van der Waals surface area contributed by atoms with Crippen molar-refractivity contribution >= 4 is 11.6 Å². The zero-order valence-corrected chi connectivity index (χ0v) is 7.52. The van der Waals surface area contributed by atoms with E-state index in [9.17, 15) is 0 Å². The second kappa shape index (κ2) is 4.78. The van der Waals surface area contributed by atoms with Crippen molar-refractivity contribution in [2.45, 2.75) is 37.2 Å². The molecule has 1 saturated heterocycles. The Bertz CT molecular complexity index is 125. The topological polar surface area (TPSA) is 9.23 Å². The van der Waals surface area contributed by atoms with Crippen molar-refractivity contribution in [2.24, 2.45) is 0 Å². The largest absolute Gasteiger partial charge is 0.378 e. The van der Waals surface area contributed by atoms with Gasteiger partial charge in [0, 0.05) is 12.0 Å². The summed E-state index contributed by atoms with van der Waals surface area (Å²) in [4.78, 5) is 0. The fourth-order valence-corrected chi connectivity index (χ4v) is 1.63. The summed E-state index contributed by atoms with van der Waals surface area (Å²) in [5, 5.41) is 0.332. The van der Waals surface area contributed by atoms with Crippen molar-refractivity contribution in [2.75, 3.05) is 6.61 Å². The highest BCUT2D eigenvalue weighted by Crippen LogP contribution is 2.21. The minimum atomic E-state index is 0.332. The highest BCUT2D eigenvalue weighted by molar-refractivity contribution is 6.20. The molecular weight excluding hydrogens is 160 g/mol. The first-order chi connectivity index (χ1) is 5.33. The Hall–Kier alpha value is -0.0100. The minimum Gasteiger partial charge on any atom is -0.378 e. The zero-order chi connectivity index (χ0) is 8.10. The summed E-state index contributed by atoms with van der Waals surface area (Å²) in [5.41, 5.74) is 0. The van der Waals surface area contributed by atoms with Crippen molar-refractivity contribution in [1.29, 1.82) is 0 Å². The normalized spacial score (nSPS) is 31.7. The first-order valence-corrected chi connectivity index (χ1v) is 4.63. The van der Waals surface area contributed by atoms with Gasteiger partial charge >= 0.3 is 0 Å². The molecule has 1 aliphatic rings. The van der Waals surface area contributed by atoms with Crippen molar-refractivity contribution in [3.05, 3.63) is 12.7 Å². The zero-order valence-electron chi connectivity index (χ0n) is 6.76. The third-order valence-corrected chi connectivity index (χ3v) is 2.39. The van der Waals surface area contributed by atoms with Gasteiger partial charge in [-0.25, -0.2) is 0 Å². The van der Waals surface area contributed by atoms with E-state index in [0.29, 0.717) is 11.5 Å². The van der Waals surface area contributed by atoms with Crippen LogP contribution >= 0.6 is 11.6 Å². The van der Waals surface area contributed by atoms with Crippen molar-refractivity contribution in [3.8, 4) is 0 Å². The van der Waals surface area contributed by atoms with Crippen LogP contribution in [0.2, 0.25) is 0 Å². The van der Waals surface area contributed by atoms with Crippen molar-refractivity contribution in [1.82, 2.24) is 0 Å². The molecule has 0 aromatic heterocycles. The van der Waals surface area contributed by atoms with E-state index in [0.717, 1.165) is 32.3 Å². The maximum Gasteiger partial charge on any atom is 0.0592 e. The summed E-state index contributed by atoms with van der Waals surface area (Å²) in [6.45, 7) is 4.50. The lowest BCUT2D eigenvalue weighted by Gasteiger charge is -2.25. The number of allylic oxidation sites excluding steroid dienone is 1. The van der Waals surface area contributed by atoms with E-state index in [2.05, 4.69) is 6.58 Å². The molecule has 64 valence electrons. The molecule has 2 heteroatoms. The Morgan fingerprint density at radius 1 is 1.64 bits per heavy atom. The summed E-state index contributed by atoms with van der Waals surface area (Å²) in [5.74, 6) is 0. The number of hydrogen-bond acceptors (Lipinski definition) is 1. The van der Waals surface area contributed by atoms with Gasteiger partial charge in [0.15, 0.2) is 0 Å². The average Bonchev–Trinajstić information content (AvgIpc) is 2.01. The van der Waals surface area contributed by atoms with E-state index in [-0.39, 0.29) is 0 Å². The summed E-state index contributed by atoms with van der Waals surface area (Å²) >= 11 is 5.98. The van der Waals surface area contributed by atoms with Crippen LogP contribution in [0.5, 0.6) is 0 Å². The van der Waals surface area contributed by atoms with Gasteiger partial charge in [-0.1, -0.05) is 6.08 Å². The van der Waals surface area contributed by atoms with Crippen LogP contribution in [0.3, 0.4) is 0 Å². The van der Waals surface area contributed by atoms with Gasteiger partial charge in [0.1, 0.15) is 0 Å². The van der Waals surface area contributed by atoms with Crippen LogP contribution in [0.1, 0.15) is 25.7 Å². The van der Waals surface area contributed by atoms with Crippen LogP contribution in [-0.2, 0) is 4.74 Å². The Labute approximate surface area is 73.4 Å². The van der Waals surface area contributed by atoms with Gasteiger partial charge in [-0.3, -0.25) is 0 Å². The number of hydrogen-bond donors (Lipinski definition) is 0. The van der Waals surface area contributed by atoms with Gasteiger partial charge in [-0.15, -0.1) is 18.2 Å². The van der Waals surface area contributed by atoms with Gasteiger partial charge in [0.05, 0.1) is 6.10 Å². The molecule has 0 aromatic rings. The predicted octanol–water partition coefficient (Wildman–Crippen LogP) is 2.74. The maximum absolute atomic E-state index is 5.98. The predicted molar refractivity (Wildman–Crippen MR) is 48.0 cm³/mol. The van der Waals surface area contributed by atoms with Gasteiger partial charge in [-0.2, -0.15) is 0 Å². The molecular formula is C9H15ClO. The van der Waals surface area contributed by atoms with E-state index in [1.807, 2.05) is 6.08 Å². The van der Waals surface area contributed by atoms with Gasteiger partial charge < -0.3 is 4.74 Å². The quantitative estimate of drug-likeness (QED) is 0.472. The minimum absolute atomic E-state index is 0.332. The van der Waals surface area contributed by atoms with Gasteiger partial charge in [0.25, 0.3) is 0 Å². The van der Waals surface area contributed by atoms with Crippen LogP contribution in [0.4, 0.5) is 0 Å². The number of ether oxygens (including phenoxy) is 1. The fourth-order valence-electron chi connectivity index (χ4n) is 1.34. The molecule has 0 N–H and O–H groups in total. The van der Waals surface area contributed by atoms with E-state index < -0.39 is 0 Å². The standard InChI is InChI=1S/C9H15ClO/c1-2-3-4-9-7-8(10)5-6-11-9/h2,8-9H,1,3-7H2/t8-,9-/m1/s1. The Kier molecular flexibility index (Phi) is 3.95. The molecule has 0 spiro atoms. The number of alkyl halides is 1. The van der Waals surface area contributed by atoms with Gasteiger partial charge in [0.2, 0.25) is 0 Å². The van der Waals surface area contributed by atoms with E-state index >= 15 is 0 Å². The molecule has 0 amide bonds. The van der Waals surface area contributed by atoms with E-state index in [1.54, 1.807) is 0 Å². The summed E-state index contributed by atoms with van der Waals surface area (Å²) in [6.07, 6.45) is 6.44. The van der Waals surface area contributed by atoms with Crippen LogP contribution < -0.4 is 0 Å². The second-order valence-electron chi connectivity index (χ2n) is 2.98. The van der Waals surface area contributed by atoms with Crippen LogP contribution in [0, 0.1) is 0 Å². The SMILES string of the molecule is C=CCC[C@@H]1C[C@H](Cl)CCO1. The first-order valence-electron chi connectivity index (χ1n) is 4.19.